The summed E-state index contributed by atoms with van der Waals surface area (Å²) in [6.45, 7) is 4.77. The maximum atomic E-state index is 11.5. The van der Waals surface area contributed by atoms with Crippen molar-refractivity contribution in [2.45, 2.75) is 58.9 Å². The number of benzene rings is 2. The van der Waals surface area contributed by atoms with Crippen molar-refractivity contribution in [3.8, 4) is 11.8 Å². The molecule has 2 aromatic carbocycles. The van der Waals surface area contributed by atoms with Gasteiger partial charge in [0.15, 0.2) is 0 Å². The number of carbonyl (C=O) groups is 1. The van der Waals surface area contributed by atoms with Gasteiger partial charge in [0, 0.05) is 30.5 Å². The van der Waals surface area contributed by atoms with Gasteiger partial charge >= 0.3 is 5.97 Å². The van der Waals surface area contributed by atoms with Crippen LogP contribution in [0.3, 0.4) is 0 Å². The van der Waals surface area contributed by atoms with Crippen molar-refractivity contribution in [3.63, 3.8) is 0 Å². The summed E-state index contributed by atoms with van der Waals surface area (Å²) in [5.41, 5.74) is 3.20. The van der Waals surface area contributed by atoms with E-state index < -0.39 is 0 Å². The maximum absolute atomic E-state index is 11.5. The Morgan fingerprint density at radius 2 is 1.86 bits per heavy atom. The number of halogens is 1. The molecule has 0 unspecified atom stereocenters. The fraction of sp³-hybridized carbons (Fsp3) is 0.400. The molecule has 0 fully saturated rings. The van der Waals surface area contributed by atoms with Crippen LogP contribution in [0.1, 0.15) is 62.6 Å². The zero-order valence-electron chi connectivity index (χ0n) is 17.4. The molecule has 0 bridgehead atoms. The van der Waals surface area contributed by atoms with E-state index in [1.54, 1.807) is 5.06 Å². The third-order valence-corrected chi connectivity index (χ3v) is 4.73. The second kappa shape index (κ2) is 13.0. The molecule has 0 aliphatic rings. The molecule has 0 saturated carbocycles. The van der Waals surface area contributed by atoms with Crippen molar-refractivity contribution in [2.24, 2.45) is 0 Å². The normalized spacial score (nSPS) is 10.5. The predicted octanol–water partition coefficient (Wildman–Crippen LogP) is 6.18. The van der Waals surface area contributed by atoms with Gasteiger partial charge in [-0.15, -0.1) is 5.06 Å². The number of rotatable bonds is 10. The molecule has 2 rings (SSSR count). The molecule has 4 heteroatoms. The third-order valence-electron chi connectivity index (χ3n) is 4.50. The average molecular weight is 412 g/mol. The second-order valence-corrected chi connectivity index (χ2v) is 7.57. The lowest BCUT2D eigenvalue weighted by atomic mass is 10.1. The monoisotopic (exact) mass is 411 g/mol. The Hall–Kier alpha value is -2.28. The summed E-state index contributed by atoms with van der Waals surface area (Å²) in [6, 6.07) is 15.9. The van der Waals surface area contributed by atoms with Crippen LogP contribution < -0.4 is 0 Å². The quantitative estimate of drug-likeness (QED) is 0.265. The summed E-state index contributed by atoms with van der Waals surface area (Å²) in [6.07, 6.45) is 6.65. The summed E-state index contributed by atoms with van der Waals surface area (Å²) < 4.78 is 0. The van der Waals surface area contributed by atoms with Crippen LogP contribution in [0, 0.1) is 11.8 Å². The molecule has 29 heavy (non-hydrogen) atoms. The Morgan fingerprint density at radius 3 is 2.55 bits per heavy atom. The van der Waals surface area contributed by atoms with E-state index in [1.165, 1.54) is 32.6 Å². The van der Waals surface area contributed by atoms with Gasteiger partial charge in [-0.1, -0.05) is 73.9 Å². The number of hydrogen-bond acceptors (Lipinski definition) is 3. The van der Waals surface area contributed by atoms with Gasteiger partial charge in [-0.05, 0) is 48.2 Å². The molecule has 0 spiro atoms. The highest BCUT2D eigenvalue weighted by molar-refractivity contribution is 6.30. The fourth-order valence-electron chi connectivity index (χ4n) is 2.99. The van der Waals surface area contributed by atoms with Crippen LogP contribution in [0.5, 0.6) is 0 Å². The van der Waals surface area contributed by atoms with E-state index in [-0.39, 0.29) is 5.97 Å². The van der Waals surface area contributed by atoms with Crippen molar-refractivity contribution >= 4 is 17.6 Å². The number of unbranched alkanes of at least 4 members (excludes halogenated alkanes) is 4. The van der Waals surface area contributed by atoms with Gasteiger partial charge in [0.25, 0.3) is 0 Å². The topological polar surface area (TPSA) is 29.5 Å². The zero-order valence-corrected chi connectivity index (χ0v) is 18.2. The summed E-state index contributed by atoms with van der Waals surface area (Å²) in [5.74, 6) is 6.16. The van der Waals surface area contributed by atoms with Gasteiger partial charge < -0.3 is 4.84 Å². The number of nitrogens with zero attached hydrogens (tertiary/aromatic N) is 1. The predicted molar refractivity (Wildman–Crippen MR) is 119 cm³/mol. The molecule has 2 aromatic rings. The van der Waals surface area contributed by atoms with E-state index in [0.29, 0.717) is 18.1 Å². The number of hydrogen-bond donors (Lipinski definition) is 0. The van der Waals surface area contributed by atoms with E-state index in [1.807, 2.05) is 48.5 Å². The summed E-state index contributed by atoms with van der Waals surface area (Å²) in [5, 5.41) is 2.40. The molecule has 0 aliphatic carbocycles. The Balaban J connectivity index is 1.89. The van der Waals surface area contributed by atoms with Gasteiger partial charge in [0.2, 0.25) is 0 Å². The minimum atomic E-state index is -0.318. The van der Waals surface area contributed by atoms with Gasteiger partial charge in [-0.25, -0.2) is 0 Å². The van der Waals surface area contributed by atoms with Crippen LogP contribution in [0.25, 0.3) is 0 Å². The molecule has 0 heterocycles. The first-order valence-electron chi connectivity index (χ1n) is 10.3. The van der Waals surface area contributed by atoms with Gasteiger partial charge in [0.1, 0.15) is 0 Å². The van der Waals surface area contributed by atoms with Crippen molar-refractivity contribution in [3.05, 3.63) is 70.2 Å². The lowest BCUT2D eigenvalue weighted by Crippen LogP contribution is -2.28. The van der Waals surface area contributed by atoms with Crippen LogP contribution >= 0.6 is 11.6 Å². The van der Waals surface area contributed by atoms with Crippen molar-refractivity contribution in [2.75, 3.05) is 6.54 Å². The van der Waals surface area contributed by atoms with Crippen LogP contribution in [0.15, 0.2) is 48.5 Å². The minimum Gasteiger partial charge on any atom is -0.368 e. The standard InChI is InChI=1S/C25H30ClNO2/c1-3-4-5-6-7-8-10-22-13-15-24(16-14-22)20-27(29-21(2)28)18-17-23-11-9-12-25(26)19-23/h9,11-16,19H,3-7,17-18,20H2,1-2H3. The molecular formula is C25H30ClNO2. The van der Waals surface area contributed by atoms with E-state index in [9.17, 15) is 4.79 Å². The first-order chi connectivity index (χ1) is 14.1. The van der Waals surface area contributed by atoms with Gasteiger partial charge in [-0.2, -0.15) is 0 Å². The molecule has 0 saturated heterocycles. The molecule has 0 atom stereocenters. The SMILES string of the molecule is CCCCCCC#Cc1ccc(CN(CCc2cccc(Cl)c2)OC(C)=O)cc1. The largest absolute Gasteiger partial charge is 0.368 e. The molecular weight excluding hydrogens is 382 g/mol. The second-order valence-electron chi connectivity index (χ2n) is 7.14. The lowest BCUT2D eigenvalue weighted by molar-refractivity contribution is -0.190. The first-order valence-corrected chi connectivity index (χ1v) is 10.7. The average Bonchev–Trinajstić information content (AvgIpc) is 2.70. The summed E-state index contributed by atoms with van der Waals surface area (Å²) >= 11 is 6.05. The van der Waals surface area contributed by atoms with E-state index >= 15 is 0 Å². The van der Waals surface area contributed by atoms with E-state index in [0.717, 1.165) is 29.5 Å². The Kier molecular flexibility index (Phi) is 10.3. The Labute approximate surface area is 180 Å². The molecule has 0 aromatic heterocycles. The molecule has 0 amide bonds. The number of hydroxylamine groups is 2. The number of carbonyl (C=O) groups excluding carboxylic acids is 1. The third kappa shape index (κ3) is 9.65. The first kappa shape index (κ1) is 23.0. The molecule has 0 N–H and O–H groups in total. The van der Waals surface area contributed by atoms with Crippen molar-refractivity contribution < 1.29 is 9.63 Å². The molecule has 0 aliphatic heterocycles. The highest BCUT2D eigenvalue weighted by Crippen LogP contribution is 2.13. The van der Waals surface area contributed by atoms with Crippen molar-refractivity contribution in [1.29, 1.82) is 0 Å². The molecule has 3 nitrogen and oxygen atoms in total. The summed E-state index contributed by atoms with van der Waals surface area (Å²) in [7, 11) is 0. The molecule has 0 radical (unpaired) electrons. The fourth-order valence-corrected chi connectivity index (χ4v) is 3.20. The van der Waals surface area contributed by atoms with E-state index in [2.05, 4.69) is 18.8 Å². The van der Waals surface area contributed by atoms with Crippen LogP contribution in [-0.2, 0) is 22.6 Å². The smallest absolute Gasteiger partial charge is 0.322 e. The summed E-state index contributed by atoms with van der Waals surface area (Å²) in [4.78, 5) is 16.9. The molecule has 154 valence electrons. The van der Waals surface area contributed by atoms with Gasteiger partial charge in [-0.3, -0.25) is 4.79 Å². The van der Waals surface area contributed by atoms with Crippen molar-refractivity contribution in [1.82, 2.24) is 5.06 Å². The maximum Gasteiger partial charge on any atom is 0.322 e. The van der Waals surface area contributed by atoms with Gasteiger partial charge in [0.05, 0.1) is 6.54 Å². The highest BCUT2D eigenvalue weighted by atomic mass is 35.5. The van der Waals surface area contributed by atoms with Crippen LogP contribution in [0.4, 0.5) is 0 Å². The highest BCUT2D eigenvalue weighted by Gasteiger charge is 2.10. The lowest BCUT2D eigenvalue weighted by Gasteiger charge is -2.20. The zero-order chi connectivity index (χ0) is 20.9. The Morgan fingerprint density at radius 1 is 1.07 bits per heavy atom. The Bertz CT molecular complexity index is 821. The van der Waals surface area contributed by atoms with E-state index in [4.69, 9.17) is 16.4 Å². The minimum absolute atomic E-state index is 0.318. The van der Waals surface area contributed by atoms with Crippen LogP contribution in [0.2, 0.25) is 5.02 Å². The van der Waals surface area contributed by atoms with Crippen LogP contribution in [-0.4, -0.2) is 17.6 Å².